The third-order valence-corrected chi connectivity index (χ3v) is 5.28. The molecule has 0 aliphatic rings. The van der Waals surface area contributed by atoms with Crippen molar-refractivity contribution in [1.82, 2.24) is 14.9 Å². The highest BCUT2D eigenvalue weighted by molar-refractivity contribution is 7.05. The lowest BCUT2D eigenvalue weighted by Crippen LogP contribution is -2.46. The van der Waals surface area contributed by atoms with Gasteiger partial charge in [0.1, 0.15) is 17.6 Å². The Morgan fingerprint density at radius 1 is 1.13 bits per heavy atom. The van der Waals surface area contributed by atoms with Crippen LogP contribution in [-0.4, -0.2) is 32.5 Å². The number of hydrogen-bond acceptors (Lipinski definition) is 6. The molecule has 1 unspecified atom stereocenters. The van der Waals surface area contributed by atoms with Gasteiger partial charge >= 0.3 is 0 Å². The fourth-order valence-electron chi connectivity index (χ4n) is 3.10. The number of carbonyl (C=O) groups is 2. The largest absolute Gasteiger partial charge is 0.508 e. The van der Waals surface area contributed by atoms with Crippen LogP contribution >= 0.6 is 11.5 Å². The fraction of sp³-hybridized carbons (Fsp3) is 0.273. The van der Waals surface area contributed by atoms with Crippen molar-refractivity contribution in [3.8, 4) is 5.75 Å². The van der Waals surface area contributed by atoms with E-state index in [-0.39, 0.29) is 23.2 Å². The Labute approximate surface area is 183 Å². The zero-order chi connectivity index (χ0) is 22.7. The number of hydrogen-bond donors (Lipinski definition) is 2. The number of phenols is 1. The van der Waals surface area contributed by atoms with E-state index in [4.69, 9.17) is 0 Å². The maximum Gasteiger partial charge on any atom is 0.281 e. The summed E-state index contributed by atoms with van der Waals surface area (Å²) < 4.78 is 18.3. The van der Waals surface area contributed by atoms with Gasteiger partial charge in [-0.05, 0) is 74.6 Å². The zero-order valence-electron chi connectivity index (χ0n) is 17.6. The van der Waals surface area contributed by atoms with Crippen LogP contribution in [0.2, 0.25) is 0 Å². The Balaban J connectivity index is 2.21. The molecule has 1 atom stereocenters. The first-order valence-corrected chi connectivity index (χ1v) is 10.4. The van der Waals surface area contributed by atoms with Gasteiger partial charge in [0.25, 0.3) is 5.91 Å². The minimum absolute atomic E-state index is 0.0190. The number of halogens is 1. The predicted molar refractivity (Wildman–Crippen MR) is 117 cm³/mol. The van der Waals surface area contributed by atoms with Gasteiger partial charge in [0.15, 0.2) is 5.69 Å². The number of nitrogens with one attached hydrogen (secondary N) is 1. The first-order valence-electron chi connectivity index (χ1n) is 9.67. The van der Waals surface area contributed by atoms with Crippen molar-refractivity contribution in [3.05, 3.63) is 70.0 Å². The van der Waals surface area contributed by atoms with E-state index in [1.54, 1.807) is 52.0 Å². The number of carbonyl (C=O) groups excluding carboxylic acids is 2. The van der Waals surface area contributed by atoms with Crippen LogP contribution in [0.1, 0.15) is 46.4 Å². The lowest BCUT2D eigenvalue weighted by molar-refractivity contribution is -0.123. The second-order valence-corrected chi connectivity index (χ2v) is 8.40. The number of nitrogens with zero attached hydrogens (tertiary/aromatic N) is 3. The molecule has 0 aliphatic heterocycles. The van der Waals surface area contributed by atoms with Gasteiger partial charge in [-0.2, -0.15) is 0 Å². The third kappa shape index (κ3) is 4.88. The molecule has 0 aliphatic carbocycles. The molecule has 2 aromatic carbocycles. The molecule has 0 bridgehead atoms. The Morgan fingerprint density at radius 2 is 1.81 bits per heavy atom. The molecule has 0 radical (unpaired) electrons. The maximum absolute atomic E-state index is 14.5. The highest BCUT2D eigenvalue weighted by atomic mass is 32.1. The van der Waals surface area contributed by atoms with E-state index in [1.165, 1.54) is 23.1 Å². The van der Waals surface area contributed by atoms with Crippen LogP contribution < -0.4 is 10.2 Å². The van der Waals surface area contributed by atoms with Crippen LogP contribution in [0.5, 0.6) is 5.75 Å². The second kappa shape index (κ2) is 9.22. The summed E-state index contributed by atoms with van der Waals surface area (Å²) in [6.45, 7) is 6.92. The Bertz CT molecular complexity index is 1100. The van der Waals surface area contributed by atoms with Gasteiger partial charge in [-0.15, -0.1) is 5.10 Å². The summed E-state index contributed by atoms with van der Waals surface area (Å²) in [5.74, 6) is -1.51. The standard InChI is InChI=1S/C22H23FN4O3S/c1-12(2)24-21(29)20(15-6-9-17(28)10-7-15)27(16-8-5-13(3)18(23)11-16)22(30)19-14(4)31-26-25-19/h5-12,20,28H,1-4H3,(H,24,29). The van der Waals surface area contributed by atoms with Crippen molar-refractivity contribution in [2.24, 2.45) is 0 Å². The van der Waals surface area contributed by atoms with E-state index >= 15 is 0 Å². The van der Waals surface area contributed by atoms with E-state index in [9.17, 15) is 19.1 Å². The van der Waals surface area contributed by atoms with Crippen molar-refractivity contribution in [1.29, 1.82) is 0 Å². The fourth-order valence-corrected chi connectivity index (χ4v) is 3.56. The topological polar surface area (TPSA) is 95.4 Å². The van der Waals surface area contributed by atoms with Gasteiger partial charge in [0.2, 0.25) is 5.91 Å². The smallest absolute Gasteiger partial charge is 0.281 e. The molecule has 1 aromatic heterocycles. The van der Waals surface area contributed by atoms with Gasteiger partial charge in [0, 0.05) is 11.7 Å². The number of aromatic nitrogens is 2. The molecule has 1 heterocycles. The summed E-state index contributed by atoms with van der Waals surface area (Å²) in [4.78, 5) is 28.6. The second-order valence-electron chi connectivity index (χ2n) is 7.44. The molecule has 2 amide bonds. The van der Waals surface area contributed by atoms with Crippen molar-refractivity contribution in [3.63, 3.8) is 0 Å². The molecule has 3 aromatic rings. The zero-order valence-corrected chi connectivity index (χ0v) is 18.4. The van der Waals surface area contributed by atoms with Crippen LogP contribution in [0.25, 0.3) is 0 Å². The van der Waals surface area contributed by atoms with E-state index < -0.39 is 23.7 Å². The van der Waals surface area contributed by atoms with Crippen molar-refractivity contribution >= 4 is 29.0 Å². The Kier molecular flexibility index (Phi) is 6.65. The number of rotatable bonds is 6. The first kappa shape index (κ1) is 22.4. The van der Waals surface area contributed by atoms with Crippen molar-refractivity contribution in [2.45, 2.75) is 39.8 Å². The summed E-state index contributed by atoms with van der Waals surface area (Å²) in [6, 6.07) is 9.00. The maximum atomic E-state index is 14.5. The number of aromatic hydroxyl groups is 1. The predicted octanol–water partition coefficient (Wildman–Crippen LogP) is 3.91. The van der Waals surface area contributed by atoms with Crippen molar-refractivity contribution in [2.75, 3.05) is 4.90 Å². The SMILES string of the molecule is Cc1ccc(N(C(=O)c2nnsc2C)C(C(=O)NC(C)C)c2ccc(O)cc2)cc1F. The lowest BCUT2D eigenvalue weighted by Gasteiger charge is -2.31. The third-order valence-electron chi connectivity index (χ3n) is 4.65. The average molecular weight is 443 g/mol. The van der Waals surface area contributed by atoms with Crippen LogP contribution in [0, 0.1) is 19.7 Å². The molecule has 0 saturated heterocycles. The summed E-state index contributed by atoms with van der Waals surface area (Å²) in [5.41, 5.74) is 1.16. The molecule has 7 nitrogen and oxygen atoms in total. The minimum atomic E-state index is -1.13. The summed E-state index contributed by atoms with van der Waals surface area (Å²) in [7, 11) is 0. The van der Waals surface area contributed by atoms with Crippen molar-refractivity contribution < 1.29 is 19.1 Å². The minimum Gasteiger partial charge on any atom is -0.508 e. The molecule has 9 heteroatoms. The molecular formula is C22H23FN4O3S. The van der Waals surface area contributed by atoms with Gasteiger partial charge in [-0.3, -0.25) is 14.5 Å². The number of aryl methyl sites for hydroxylation is 2. The highest BCUT2D eigenvalue weighted by Gasteiger charge is 2.35. The van der Waals surface area contributed by atoms with E-state index in [0.717, 1.165) is 11.5 Å². The average Bonchev–Trinajstić information content (AvgIpc) is 3.14. The summed E-state index contributed by atoms with van der Waals surface area (Å²) in [5, 5.41) is 16.4. The molecule has 0 fully saturated rings. The molecule has 162 valence electrons. The first-order chi connectivity index (χ1) is 14.7. The summed E-state index contributed by atoms with van der Waals surface area (Å²) >= 11 is 1.06. The normalized spacial score (nSPS) is 11.9. The number of anilines is 1. The van der Waals surface area contributed by atoms with Gasteiger partial charge < -0.3 is 10.4 Å². The molecule has 0 spiro atoms. The van der Waals surface area contributed by atoms with Crippen LogP contribution in [0.4, 0.5) is 10.1 Å². The lowest BCUT2D eigenvalue weighted by atomic mass is 10.0. The molecule has 2 N–H and O–H groups in total. The monoisotopic (exact) mass is 442 g/mol. The molecule has 3 rings (SSSR count). The van der Waals surface area contributed by atoms with E-state index in [2.05, 4.69) is 14.9 Å². The Morgan fingerprint density at radius 3 is 2.35 bits per heavy atom. The van der Waals surface area contributed by atoms with Gasteiger partial charge in [0.05, 0.1) is 4.88 Å². The van der Waals surface area contributed by atoms with Gasteiger partial charge in [-0.25, -0.2) is 4.39 Å². The van der Waals surface area contributed by atoms with Gasteiger partial charge in [-0.1, -0.05) is 22.7 Å². The Hall–Kier alpha value is -3.33. The van der Waals surface area contributed by atoms with Crippen LogP contribution in [0.3, 0.4) is 0 Å². The number of benzene rings is 2. The molecule has 31 heavy (non-hydrogen) atoms. The molecule has 0 saturated carbocycles. The van der Waals surface area contributed by atoms with E-state index in [0.29, 0.717) is 16.0 Å². The van der Waals surface area contributed by atoms with Crippen LogP contribution in [0.15, 0.2) is 42.5 Å². The summed E-state index contributed by atoms with van der Waals surface area (Å²) in [6.07, 6.45) is 0. The quantitative estimate of drug-likeness (QED) is 0.603. The number of phenolic OH excluding ortho intramolecular Hbond substituents is 1. The van der Waals surface area contributed by atoms with E-state index in [1.807, 2.05) is 0 Å². The number of amides is 2. The highest BCUT2D eigenvalue weighted by Crippen LogP contribution is 2.32. The van der Waals surface area contributed by atoms with Crippen LogP contribution in [-0.2, 0) is 4.79 Å². The molecular weight excluding hydrogens is 419 g/mol.